The van der Waals surface area contributed by atoms with Crippen LogP contribution in [0.3, 0.4) is 0 Å². The lowest BCUT2D eigenvalue weighted by Gasteiger charge is -2.09. The van der Waals surface area contributed by atoms with E-state index in [1.54, 1.807) is 41.1 Å². The van der Waals surface area contributed by atoms with Crippen LogP contribution in [0.5, 0.6) is 0 Å². The molecule has 2 aromatic rings. The minimum atomic E-state index is -0.00694. The zero-order chi connectivity index (χ0) is 14.2. The van der Waals surface area contributed by atoms with Crippen molar-refractivity contribution in [1.29, 1.82) is 0 Å². The fraction of sp³-hybridized carbons (Fsp3) is 0.357. The standard InChI is InChI=1S/C14H18N4OS/c1-2-3-10-20-11-13(19)17-12-6-4-7-15-14(12)18-9-5-8-16-18/h4-9H,2-3,10-11H2,1H3,(H,17,19). The summed E-state index contributed by atoms with van der Waals surface area (Å²) in [6.07, 6.45) is 7.46. The number of anilines is 1. The molecule has 2 aromatic heterocycles. The van der Waals surface area contributed by atoms with Crippen LogP contribution < -0.4 is 5.32 Å². The van der Waals surface area contributed by atoms with Crippen LogP contribution in [0.25, 0.3) is 5.82 Å². The second-order valence-corrected chi connectivity index (χ2v) is 5.38. The minimum Gasteiger partial charge on any atom is -0.322 e. The van der Waals surface area contributed by atoms with Gasteiger partial charge in [-0.15, -0.1) is 0 Å². The third-order valence-corrected chi connectivity index (χ3v) is 3.70. The second-order valence-electron chi connectivity index (χ2n) is 4.28. The molecule has 0 aromatic carbocycles. The van der Waals surface area contributed by atoms with Crippen molar-refractivity contribution in [2.24, 2.45) is 0 Å². The van der Waals surface area contributed by atoms with Gasteiger partial charge < -0.3 is 5.32 Å². The lowest BCUT2D eigenvalue weighted by molar-refractivity contribution is -0.113. The molecule has 0 unspecified atom stereocenters. The van der Waals surface area contributed by atoms with E-state index in [0.717, 1.165) is 18.6 Å². The summed E-state index contributed by atoms with van der Waals surface area (Å²) in [6, 6.07) is 5.45. The summed E-state index contributed by atoms with van der Waals surface area (Å²) in [5, 5.41) is 7.03. The van der Waals surface area contributed by atoms with Gasteiger partial charge in [0.15, 0.2) is 5.82 Å². The van der Waals surface area contributed by atoms with Gasteiger partial charge in [-0.3, -0.25) is 4.79 Å². The van der Waals surface area contributed by atoms with Crippen molar-refractivity contribution in [3.63, 3.8) is 0 Å². The van der Waals surface area contributed by atoms with E-state index in [4.69, 9.17) is 0 Å². The highest BCUT2D eigenvalue weighted by molar-refractivity contribution is 7.99. The van der Waals surface area contributed by atoms with E-state index in [-0.39, 0.29) is 5.91 Å². The monoisotopic (exact) mass is 290 g/mol. The SMILES string of the molecule is CCCCSCC(=O)Nc1cccnc1-n1cccn1. The highest BCUT2D eigenvalue weighted by Crippen LogP contribution is 2.16. The molecule has 0 atom stereocenters. The average Bonchev–Trinajstić information content (AvgIpc) is 2.98. The van der Waals surface area contributed by atoms with Gasteiger partial charge in [0.2, 0.25) is 5.91 Å². The van der Waals surface area contributed by atoms with Crippen molar-refractivity contribution in [2.45, 2.75) is 19.8 Å². The van der Waals surface area contributed by atoms with E-state index in [0.29, 0.717) is 17.3 Å². The number of hydrogen-bond donors (Lipinski definition) is 1. The molecular weight excluding hydrogens is 272 g/mol. The van der Waals surface area contributed by atoms with Crippen LogP contribution in [0, 0.1) is 0 Å². The predicted octanol–water partition coefficient (Wildman–Crippen LogP) is 2.74. The summed E-state index contributed by atoms with van der Waals surface area (Å²) in [4.78, 5) is 16.2. The Balaban J connectivity index is 1.97. The molecule has 1 N–H and O–H groups in total. The Kier molecular flexibility index (Phi) is 5.61. The molecule has 0 saturated carbocycles. The molecule has 0 aliphatic heterocycles. The quantitative estimate of drug-likeness (QED) is 0.797. The summed E-state index contributed by atoms with van der Waals surface area (Å²) in [5.74, 6) is 2.10. The molecule has 0 bridgehead atoms. The topological polar surface area (TPSA) is 59.8 Å². The van der Waals surface area contributed by atoms with Crippen LogP contribution in [0.15, 0.2) is 36.8 Å². The number of carbonyl (C=O) groups excluding carboxylic acids is 1. The van der Waals surface area contributed by atoms with Gasteiger partial charge in [0.05, 0.1) is 11.4 Å². The van der Waals surface area contributed by atoms with E-state index < -0.39 is 0 Å². The fourth-order valence-corrected chi connectivity index (χ4v) is 2.56. The van der Waals surface area contributed by atoms with Gasteiger partial charge in [0.1, 0.15) is 0 Å². The highest BCUT2D eigenvalue weighted by Gasteiger charge is 2.09. The Morgan fingerprint density at radius 2 is 2.30 bits per heavy atom. The van der Waals surface area contributed by atoms with Crippen LogP contribution in [0.1, 0.15) is 19.8 Å². The van der Waals surface area contributed by atoms with Crippen LogP contribution in [0.2, 0.25) is 0 Å². The summed E-state index contributed by atoms with van der Waals surface area (Å²) < 4.78 is 1.64. The molecule has 20 heavy (non-hydrogen) atoms. The fourth-order valence-electron chi connectivity index (χ4n) is 1.67. The summed E-state index contributed by atoms with van der Waals surface area (Å²) in [7, 11) is 0. The van der Waals surface area contributed by atoms with E-state index in [9.17, 15) is 4.79 Å². The molecule has 2 rings (SSSR count). The largest absolute Gasteiger partial charge is 0.322 e. The number of hydrogen-bond acceptors (Lipinski definition) is 4. The number of amides is 1. The Morgan fingerprint density at radius 3 is 3.05 bits per heavy atom. The number of rotatable bonds is 7. The summed E-state index contributed by atoms with van der Waals surface area (Å²) in [6.45, 7) is 2.15. The van der Waals surface area contributed by atoms with Crippen LogP contribution in [0.4, 0.5) is 5.69 Å². The maximum absolute atomic E-state index is 11.9. The van der Waals surface area contributed by atoms with E-state index >= 15 is 0 Å². The van der Waals surface area contributed by atoms with Gasteiger partial charge >= 0.3 is 0 Å². The summed E-state index contributed by atoms with van der Waals surface area (Å²) >= 11 is 1.65. The number of pyridine rings is 1. The average molecular weight is 290 g/mol. The number of unbranched alkanes of at least 4 members (excludes halogenated alkanes) is 1. The zero-order valence-electron chi connectivity index (χ0n) is 11.5. The third-order valence-electron chi connectivity index (χ3n) is 2.66. The van der Waals surface area contributed by atoms with Crippen LogP contribution >= 0.6 is 11.8 Å². The molecule has 0 saturated heterocycles. The van der Waals surface area contributed by atoms with Crippen molar-refractivity contribution < 1.29 is 4.79 Å². The molecule has 0 aliphatic carbocycles. The van der Waals surface area contributed by atoms with Crippen molar-refractivity contribution in [3.8, 4) is 5.82 Å². The van der Waals surface area contributed by atoms with E-state index in [2.05, 4.69) is 22.3 Å². The Labute approximate surface area is 122 Å². The van der Waals surface area contributed by atoms with Gasteiger partial charge in [-0.25, -0.2) is 9.67 Å². The van der Waals surface area contributed by atoms with Crippen LogP contribution in [-0.4, -0.2) is 32.2 Å². The Morgan fingerprint density at radius 1 is 1.40 bits per heavy atom. The van der Waals surface area contributed by atoms with Gasteiger partial charge in [-0.05, 0) is 30.4 Å². The lowest BCUT2D eigenvalue weighted by Crippen LogP contribution is -2.16. The Hall–Kier alpha value is -1.82. The van der Waals surface area contributed by atoms with Crippen molar-refractivity contribution in [1.82, 2.24) is 14.8 Å². The highest BCUT2D eigenvalue weighted by atomic mass is 32.2. The number of aromatic nitrogens is 3. The lowest BCUT2D eigenvalue weighted by atomic mass is 10.3. The molecule has 1 amide bonds. The molecule has 6 heteroatoms. The Bertz CT molecular complexity index is 542. The number of thioether (sulfide) groups is 1. The second kappa shape index (κ2) is 7.69. The van der Waals surface area contributed by atoms with Crippen molar-refractivity contribution in [2.75, 3.05) is 16.8 Å². The van der Waals surface area contributed by atoms with E-state index in [1.807, 2.05) is 12.1 Å². The van der Waals surface area contributed by atoms with Crippen LogP contribution in [-0.2, 0) is 4.79 Å². The smallest absolute Gasteiger partial charge is 0.234 e. The molecular formula is C14H18N4OS. The molecule has 0 radical (unpaired) electrons. The van der Waals surface area contributed by atoms with Gasteiger partial charge in [0, 0.05) is 18.6 Å². The predicted molar refractivity (Wildman–Crippen MR) is 82.2 cm³/mol. The first-order valence-electron chi connectivity index (χ1n) is 6.64. The van der Waals surface area contributed by atoms with Gasteiger partial charge in [-0.1, -0.05) is 13.3 Å². The normalized spacial score (nSPS) is 10.4. The first kappa shape index (κ1) is 14.6. The van der Waals surface area contributed by atoms with Crippen molar-refractivity contribution >= 4 is 23.4 Å². The molecule has 0 aliphatic rings. The van der Waals surface area contributed by atoms with Crippen molar-refractivity contribution in [3.05, 3.63) is 36.8 Å². The first-order valence-corrected chi connectivity index (χ1v) is 7.79. The molecule has 106 valence electrons. The molecule has 5 nitrogen and oxygen atoms in total. The van der Waals surface area contributed by atoms with E-state index in [1.165, 1.54) is 0 Å². The summed E-state index contributed by atoms with van der Waals surface area (Å²) in [5.41, 5.74) is 0.678. The zero-order valence-corrected chi connectivity index (χ0v) is 12.3. The molecule has 0 spiro atoms. The maximum atomic E-state index is 11.9. The number of nitrogens with one attached hydrogen (secondary N) is 1. The van der Waals surface area contributed by atoms with Gasteiger partial charge in [0.25, 0.3) is 0 Å². The number of nitrogens with zero attached hydrogens (tertiary/aromatic N) is 3. The third kappa shape index (κ3) is 4.09. The van der Waals surface area contributed by atoms with Gasteiger partial charge in [-0.2, -0.15) is 16.9 Å². The first-order chi connectivity index (χ1) is 9.81. The molecule has 0 fully saturated rings. The molecule has 2 heterocycles. The minimum absolute atomic E-state index is 0.00694. The number of carbonyl (C=O) groups is 1. The maximum Gasteiger partial charge on any atom is 0.234 e.